The smallest absolute Gasteiger partial charge is 0.307 e. The molecule has 122 valence electrons. The van der Waals surface area contributed by atoms with Crippen molar-refractivity contribution in [1.29, 1.82) is 0 Å². The van der Waals surface area contributed by atoms with Crippen molar-refractivity contribution in [3.05, 3.63) is 5.82 Å². The van der Waals surface area contributed by atoms with E-state index in [-0.39, 0.29) is 24.4 Å². The van der Waals surface area contributed by atoms with Gasteiger partial charge in [0, 0.05) is 13.0 Å². The molecule has 1 heterocycles. The number of aromatic nitrogens is 3. The average Bonchev–Trinajstić information content (AvgIpc) is 3.01. The number of rotatable bonds is 7. The molecule has 1 aromatic rings. The van der Waals surface area contributed by atoms with Crippen molar-refractivity contribution in [1.82, 2.24) is 15.0 Å². The zero-order valence-corrected chi connectivity index (χ0v) is 13.0. The summed E-state index contributed by atoms with van der Waals surface area (Å²) in [5.74, 6) is 1.30. The number of nitrogens with one attached hydrogen (secondary N) is 1. The van der Waals surface area contributed by atoms with Gasteiger partial charge in [0.1, 0.15) is 5.82 Å². The monoisotopic (exact) mass is 309 g/mol. The predicted octanol–water partition coefficient (Wildman–Crippen LogP) is 1.10. The number of esters is 1. The molecule has 1 saturated carbocycles. The summed E-state index contributed by atoms with van der Waals surface area (Å²) in [6.45, 7) is 0.333. The highest BCUT2D eigenvalue weighted by molar-refractivity contribution is 5.70. The van der Waals surface area contributed by atoms with Gasteiger partial charge in [0.05, 0.1) is 26.2 Å². The van der Waals surface area contributed by atoms with Gasteiger partial charge in [-0.1, -0.05) is 12.8 Å². The first-order valence-electron chi connectivity index (χ1n) is 7.46. The molecular formula is C14H23N5O3. The fraction of sp³-hybridized carbons (Fsp3) is 0.714. The number of methoxy groups -OCH3 is 2. The lowest BCUT2D eigenvalue weighted by Gasteiger charge is -2.17. The van der Waals surface area contributed by atoms with Gasteiger partial charge in [0.25, 0.3) is 0 Å². The molecule has 0 bridgehead atoms. The molecule has 1 fully saturated rings. The van der Waals surface area contributed by atoms with Crippen LogP contribution in [0.25, 0.3) is 0 Å². The van der Waals surface area contributed by atoms with Gasteiger partial charge in [-0.25, -0.2) is 0 Å². The van der Waals surface area contributed by atoms with E-state index in [0.717, 1.165) is 18.7 Å². The molecule has 0 unspecified atom stereocenters. The number of hydrogen-bond donors (Lipinski definition) is 2. The van der Waals surface area contributed by atoms with Crippen LogP contribution in [-0.4, -0.2) is 47.8 Å². The molecule has 0 spiro atoms. The molecule has 1 aliphatic rings. The Morgan fingerprint density at radius 2 is 2.05 bits per heavy atom. The standard InChI is InChI=1S/C14H23N5O3/c1-21-8-10(7-11(20)22-2)16-14-18-12(17-13(15)19-14)9-5-3-4-6-9/h9-10H,3-8H2,1-2H3,(H3,15,16,17,18,19)/t10-/m1/s1. The van der Waals surface area contributed by atoms with E-state index in [1.165, 1.54) is 20.0 Å². The van der Waals surface area contributed by atoms with E-state index >= 15 is 0 Å². The number of carbonyl (C=O) groups excluding carboxylic acids is 1. The second-order valence-electron chi connectivity index (χ2n) is 5.43. The zero-order valence-electron chi connectivity index (χ0n) is 13.0. The molecule has 22 heavy (non-hydrogen) atoms. The van der Waals surface area contributed by atoms with Crippen molar-refractivity contribution in [2.24, 2.45) is 0 Å². The molecule has 8 heteroatoms. The van der Waals surface area contributed by atoms with Gasteiger partial charge in [-0.2, -0.15) is 15.0 Å². The third-order valence-corrected chi connectivity index (χ3v) is 3.73. The summed E-state index contributed by atoms with van der Waals surface area (Å²) in [7, 11) is 2.92. The van der Waals surface area contributed by atoms with E-state index in [2.05, 4.69) is 25.0 Å². The Labute approximate surface area is 129 Å². The fourth-order valence-corrected chi connectivity index (χ4v) is 2.66. The van der Waals surface area contributed by atoms with Crippen LogP contribution in [0.1, 0.15) is 43.8 Å². The first-order chi connectivity index (χ1) is 10.6. The number of ether oxygens (including phenoxy) is 2. The maximum absolute atomic E-state index is 11.4. The Morgan fingerprint density at radius 3 is 2.68 bits per heavy atom. The zero-order chi connectivity index (χ0) is 15.9. The van der Waals surface area contributed by atoms with Crippen LogP contribution in [0.2, 0.25) is 0 Å². The van der Waals surface area contributed by atoms with Crippen LogP contribution in [0.15, 0.2) is 0 Å². The van der Waals surface area contributed by atoms with E-state index in [1.54, 1.807) is 7.11 Å². The maximum atomic E-state index is 11.4. The molecule has 1 atom stereocenters. The highest BCUT2D eigenvalue weighted by Gasteiger charge is 2.22. The number of hydrogen-bond acceptors (Lipinski definition) is 8. The van der Waals surface area contributed by atoms with Crippen LogP contribution in [0, 0.1) is 0 Å². The van der Waals surface area contributed by atoms with Crippen LogP contribution in [0.3, 0.4) is 0 Å². The molecular weight excluding hydrogens is 286 g/mol. The largest absolute Gasteiger partial charge is 0.469 e. The van der Waals surface area contributed by atoms with E-state index in [9.17, 15) is 4.79 Å². The number of nitrogen functional groups attached to an aromatic ring is 1. The van der Waals surface area contributed by atoms with Gasteiger partial charge in [0.2, 0.25) is 11.9 Å². The second kappa shape index (κ2) is 7.88. The van der Waals surface area contributed by atoms with E-state index in [0.29, 0.717) is 18.5 Å². The summed E-state index contributed by atoms with van der Waals surface area (Å²) < 4.78 is 9.79. The lowest BCUT2D eigenvalue weighted by Crippen LogP contribution is -2.30. The molecule has 8 nitrogen and oxygen atoms in total. The highest BCUT2D eigenvalue weighted by atomic mass is 16.5. The average molecular weight is 309 g/mol. The van der Waals surface area contributed by atoms with Crippen molar-refractivity contribution in [2.75, 3.05) is 31.9 Å². The summed E-state index contributed by atoms with van der Waals surface area (Å²) >= 11 is 0. The van der Waals surface area contributed by atoms with Crippen LogP contribution >= 0.6 is 0 Å². The topological polar surface area (TPSA) is 112 Å². The third-order valence-electron chi connectivity index (χ3n) is 3.73. The summed E-state index contributed by atoms with van der Waals surface area (Å²) in [5.41, 5.74) is 5.78. The first kappa shape index (κ1) is 16.4. The minimum Gasteiger partial charge on any atom is -0.469 e. The predicted molar refractivity (Wildman–Crippen MR) is 81.4 cm³/mol. The Kier molecular flexibility index (Phi) is 5.88. The summed E-state index contributed by atoms with van der Waals surface area (Å²) in [6, 6.07) is -0.282. The van der Waals surface area contributed by atoms with Gasteiger partial charge in [-0.3, -0.25) is 4.79 Å². The SMILES string of the molecule is COC[C@@H](CC(=O)OC)Nc1nc(N)nc(C2CCCC2)n1. The summed E-state index contributed by atoms with van der Waals surface area (Å²) in [6.07, 6.45) is 4.69. The van der Waals surface area contributed by atoms with Crippen molar-refractivity contribution >= 4 is 17.9 Å². The first-order valence-corrected chi connectivity index (χ1v) is 7.46. The molecule has 1 aliphatic carbocycles. The Bertz CT molecular complexity index is 505. The Hall–Kier alpha value is -1.96. The van der Waals surface area contributed by atoms with E-state index in [1.807, 2.05) is 0 Å². The second-order valence-corrected chi connectivity index (χ2v) is 5.43. The molecule has 3 N–H and O–H groups in total. The molecule has 0 aliphatic heterocycles. The highest BCUT2D eigenvalue weighted by Crippen LogP contribution is 2.32. The molecule has 0 saturated heterocycles. The van der Waals surface area contributed by atoms with Crippen molar-refractivity contribution in [2.45, 2.75) is 44.1 Å². The van der Waals surface area contributed by atoms with Gasteiger partial charge < -0.3 is 20.5 Å². The normalized spacial score (nSPS) is 16.5. The number of anilines is 2. The van der Waals surface area contributed by atoms with Gasteiger partial charge in [0.15, 0.2) is 0 Å². The van der Waals surface area contributed by atoms with Crippen LogP contribution in [0.4, 0.5) is 11.9 Å². The van der Waals surface area contributed by atoms with E-state index < -0.39 is 0 Å². The molecule has 1 aromatic heterocycles. The van der Waals surface area contributed by atoms with Gasteiger partial charge >= 0.3 is 5.97 Å². The molecule has 0 radical (unpaired) electrons. The van der Waals surface area contributed by atoms with Crippen molar-refractivity contribution in [3.63, 3.8) is 0 Å². The number of nitrogens with two attached hydrogens (primary N) is 1. The Balaban J connectivity index is 2.10. The number of carbonyl (C=O) groups is 1. The van der Waals surface area contributed by atoms with Crippen LogP contribution in [-0.2, 0) is 14.3 Å². The van der Waals surface area contributed by atoms with Crippen molar-refractivity contribution < 1.29 is 14.3 Å². The van der Waals surface area contributed by atoms with Gasteiger partial charge in [-0.05, 0) is 12.8 Å². The van der Waals surface area contributed by atoms with E-state index in [4.69, 9.17) is 10.5 Å². The third kappa shape index (κ3) is 4.52. The molecule has 0 aromatic carbocycles. The summed E-state index contributed by atoms with van der Waals surface area (Å²) in [4.78, 5) is 24.2. The lowest BCUT2D eigenvalue weighted by molar-refractivity contribution is -0.141. The quantitative estimate of drug-likeness (QED) is 0.720. The Morgan fingerprint density at radius 1 is 1.32 bits per heavy atom. The fourth-order valence-electron chi connectivity index (χ4n) is 2.66. The lowest BCUT2D eigenvalue weighted by atomic mass is 10.1. The molecule has 2 rings (SSSR count). The minimum absolute atomic E-state index is 0.161. The molecule has 0 amide bonds. The number of nitrogens with zero attached hydrogens (tertiary/aromatic N) is 3. The van der Waals surface area contributed by atoms with Crippen LogP contribution in [0.5, 0.6) is 0 Å². The maximum Gasteiger partial charge on any atom is 0.307 e. The summed E-state index contributed by atoms with van der Waals surface area (Å²) in [5, 5.41) is 3.08. The minimum atomic E-state index is -0.326. The van der Waals surface area contributed by atoms with Crippen LogP contribution < -0.4 is 11.1 Å². The van der Waals surface area contributed by atoms with Gasteiger partial charge in [-0.15, -0.1) is 0 Å². The van der Waals surface area contributed by atoms with Crippen molar-refractivity contribution in [3.8, 4) is 0 Å².